The lowest BCUT2D eigenvalue weighted by atomic mass is 9.95. The lowest BCUT2D eigenvalue weighted by Crippen LogP contribution is -2.58. The van der Waals surface area contributed by atoms with Gasteiger partial charge in [0.05, 0.1) is 23.7 Å². The van der Waals surface area contributed by atoms with Gasteiger partial charge in [-0.05, 0) is 32.6 Å². The Morgan fingerprint density at radius 2 is 1.78 bits per heavy atom. The van der Waals surface area contributed by atoms with Gasteiger partial charge in [0.1, 0.15) is 0 Å². The highest BCUT2D eigenvalue weighted by atomic mass is 32.2. The predicted molar refractivity (Wildman–Crippen MR) is 82.9 cm³/mol. The van der Waals surface area contributed by atoms with Gasteiger partial charge in [-0.2, -0.15) is 4.31 Å². The van der Waals surface area contributed by atoms with Crippen LogP contribution in [0.15, 0.2) is 0 Å². The molecule has 0 N–H and O–H groups in total. The largest absolute Gasteiger partial charge is 0.466 e. The van der Waals surface area contributed by atoms with Gasteiger partial charge < -0.3 is 9.64 Å². The Kier molecular flexibility index (Phi) is 4.64. The standard InChI is InChI=1S/C15H24N2O5S/c1-2-22-15(19)11-4-3-7-16(8-11)14(18)12-9-17(10-12)23(20,21)13-5-6-13/h11-13H,2-10H2,1H3. The molecule has 0 aromatic heterocycles. The van der Waals surface area contributed by atoms with Crippen LogP contribution in [0.3, 0.4) is 0 Å². The van der Waals surface area contributed by atoms with E-state index in [1.54, 1.807) is 11.8 Å². The molecule has 1 atom stereocenters. The van der Waals surface area contributed by atoms with Gasteiger partial charge in [0.25, 0.3) is 0 Å². The Morgan fingerprint density at radius 3 is 2.39 bits per heavy atom. The number of esters is 1. The summed E-state index contributed by atoms with van der Waals surface area (Å²) in [6.07, 6.45) is 3.01. The quantitative estimate of drug-likeness (QED) is 0.666. The molecule has 130 valence electrons. The van der Waals surface area contributed by atoms with E-state index in [1.807, 2.05) is 0 Å². The number of likely N-dealkylation sites (tertiary alicyclic amines) is 1. The van der Waals surface area contributed by atoms with Gasteiger partial charge in [0, 0.05) is 26.2 Å². The van der Waals surface area contributed by atoms with Crippen LogP contribution in [0.2, 0.25) is 0 Å². The molecular formula is C15H24N2O5S. The Labute approximate surface area is 137 Å². The molecule has 8 heteroatoms. The Balaban J connectivity index is 1.52. The van der Waals surface area contributed by atoms with Crippen molar-refractivity contribution in [3.8, 4) is 0 Å². The van der Waals surface area contributed by atoms with E-state index in [4.69, 9.17) is 4.74 Å². The zero-order valence-corrected chi connectivity index (χ0v) is 14.3. The fraction of sp³-hybridized carbons (Fsp3) is 0.867. The first-order valence-corrected chi connectivity index (χ1v) is 9.88. The number of rotatable bonds is 5. The third kappa shape index (κ3) is 3.38. The highest BCUT2D eigenvalue weighted by Crippen LogP contribution is 2.35. The van der Waals surface area contributed by atoms with Crippen LogP contribution < -0.4 is 0 Å². The number of ether oxygens (including phenoxy) is 1. The molecule has 1 aliphatic carbocycles. The summed E-state index contributed by atoms with van der Waals surface area (Å²) in [5.74, 6) is -0.777. The summed E-state index contributed by atoms with van der Waals surface area (Å²) in [5, 5.41) is -0.221. The maximum Gasteiger partial charge on any atom is 0.310 e. The number of piperidine rings is 1. The number of nitrogens with zero attached hydrogens (tertiary/aromatic N) is 2. The molecule has 0 aromatic rings. The first-order valence-electron chi connectivity index (χ1n) is 8.38. The van der Waals surface area contributed by atoms with E-state index in [-0.39, 0.29) is 42.1 Å². The smallest absolute Gasteiger partial charge is 0.310 e. The second-order valence-electron chi connectivity index (χ2n) is 6.63. The Bertz CT molecular complexity index is 581. The molecule has 3 rings (SSSR count). The number of carbonyl (C=O) groups excluding carboxylic acids is 2. The van der Waals surface area contributed by atoms with Crippen molar-refractivity contribution in [1.29, 1.82) is 0 Å². The predicted octanol–water partition coefficient (Wildman–Crippen LogP) is 0.212. The van der Waals surface area contributed by atoms with Crippen molar-refractivity contribution >= 4 is 21.9 Å². The van der Waals surface area contributed by atoms with Crippen molar-refractivity contribution in [3.05, 3.63) is 0 Å². The lowest BCUT2D eigenvalue weighted by Gasteiger charge is -2.41. The number of sulfonamides is 1. The average molecular weight is 344 g/mol. The molecule has 2 heterocycles. The van der Waals surface area contributed by atoms with Crippen molar-refractivity contribution in [2.75, 3.05) is 32.8 Å². The van der Waals surface area contributed by atoms with Crippen LogP contribution in [0.25, 0.3) is 0 Å². The van der Waals surface area contributed by atoms with Crippen LogP contribution in [0.5, 0.6) is 0 Å². The molecule has 2 saturated heterocycles. The number of carbonyl (C=O) groups is 2. The molecule has 7 nitrogen and oxygen atoms in total. The van der Waals surface area contributed by atoms with Gasteiger partial charge in [0.15, 0.2) is 0 Å². The van der Waals surface area contributed by atoms with Crippen LogP contribution >= 0.6 is 0 Å². The van der Waals surface area contributed by atoms with Crippen molar-refractivity contribution in [2.45, 2.75) is 37.9 Å². The van der Waals surface area contributed by atoms with E-state index in [9.17, 15) is 18.0 Å². The molecule has 2 aliphatic heterocycles. The van der Waals surface area contributed by atoms with Crippen molar-refractivity contribution in [2.24, 2.45) is 11.8 Å². The molecule has 1 unspecified atom stereocenters. The van der Waals surface area contributed by atoms with E-state index in [2.05, 4.69) is 0 Å². The normalized spacial score (nSPS) is 26.7. The summed E-state index contributed by atoms with van der Waals surface area (Å²) >= 11 is 0. The minimum absolute atomic E-state index is 0.0266. The molecule has 0 bridgehead atoms. The fourth-order valence-electron chi connectivity index (χ4n) is 3.27. The molecule has 0 aromatic carbocycles. The summed E-state index contributed by atoms with van der Waals surface area (Å²) in [4.78, 5) is 26.1. The van der Waals surface area contributed by atoms with E-state index >= 15 is 0 Å². The minimum Gasteiger partial charge on any atom is -0.466 e. The van der Waals surface area contributed by atoms with Crippen LogP contribution in [0, 0.1) is 11.8 Å². The summed E-state index contributed by atoms with van der Waals surface area (Å²) in [6.45, 7) is 3.73. The average Bonchev–Trinajstić information content (AvgIpc) is 3.30. The summed E-state index contributed by atoms with van der Waals surface area (Å²) in [6, 6.07) is 0. The van der Waals surface area contributed by atoms with Crippen molar-refractivity contribution in [3.63, 3.8) is 0 Å². The van der Waals surface area contributed by atoms with Gasteiger partial charge in [-0.1, -0.05) is 0 Å². The molecule has 3 aliphatic rings. The molecule has 0 spiro atoms. The lowest BCUT2D eigenvalue weighted by molar-refractivity contribution is -0.152. The Morgan fingerprint density at radius 1 is 1.09 bits per heavy atom. The third-order valence-corrected chi connectivity index (χ3v) is 7.19. The minimum atomic E-state index is -3.17. The van der Waals surface area contributed by atoms with Crippen LogP contribution in [-0.2, 0) is 24.3 Å². The molecule has 3 fully saturated rings. The molecule has 0 radical (unpaired) electrons. The van der Waals surface area contributed by atoms with Crippen LogP contribution in [-0.4, -0.2) is 67.5 Å². The van der Waals surface area contributed by atoms with Crippen LogP contribution in [0.4, 0.5) is 0 Å². The highest BCUT2D eigenvalue weighted by molar-refractivity contribution is 7.90. The molecule has 1 saturated carbocycles. The summed E-state index contributed by atoms with van der Waals surface area (Å²) in [5.41, 5.74) is 0. The zero-order valence-electron chi connectivity index (χ0n) is 13.4. The summed E-state index contributed by atoms with van der Waals surface area (Å²) < 4.78 is 30.6. The zero-order chi connectivity index (χ0) is 16.6. The Hall–Kier alpha value is -1.15. The van der Waals surface area contributed by atoms with E-state index in [1.165, 1.54) is 4.31 Å². The topological polar surface area (TPSA) is 84.0 Å². The highest BCUT2D eigenvalue weighted by Gasteiger charge is 2.48. The van der Waals surface area contributed by atoms with Crippen molar-refractivity contribution < 1.29 is 22.7 Å². The maximum absolute atomic E-state index is 12.5. The molecule has 1 amide bonds. The second-order valence-corrected chi connectivity index (χ2v) is 8.85. The van der Waals surface area contributed by atoms with Crippen molar-refractivity contribution in [1.82, 2.24) is 9.21 Å². The monoisotopic (exact) mass is 344 g/mol. The van der Waals surface area contributed by atoms with Gasteiger partial charge in [-0.3, -0.25) is 9.59 Å². The third-order valence-electron chi connectivity index (χ3n) is 4.86. The SMILES string of the molecule is CCOC(=O)C1CCCN(C(=O)C2CN(S(=O)(=O)C3CC3)C2)C1. The van der Waals surface area contributed by atoms with E-state index in [0.717, 1.165) is 25.7 Å². The van der Waals surface area contributed by atoms with Crippen LogP contribution in [0.1, 0.15) is 32.6 Å². The van der Waals surface area contributed by atoms with E-state index < -0.39 is 10.0 Å². The van der Waals surface area contributed by atoms with Gasteiger partial charge >= 0.3 is 5.97 Å². The number of hydrogen-bond donors (Lipinski definition) is 0. The van der Waals surface area contributed by atoms with E-state index in [0.29, 0.717) is 19.7 Å². The molecular weight excluding hydrogens is 320 g/mol. The first kappa shape index (κ1) is 16.7. The van der Waals surface area contributed by atoms with Gasteiger partial charge in [-0.25, -0.2) is 8.42 Å². The number of amides is 1. The number of hydrogen-bond acceptors (Lipinski definition) is 5. The fourth-order valence-corrected chi connectivity index (χ4v) is 5.20. The maximum atomic E-state index is 12.5. The van der Waals surface area contributed by atoms with Gasteiger partial charge in [-0.15, -0.1) is 0 Å². The first-order chi connectivity index (χ1) is 10.9. The molecule has 23 heavy (non-hydrogen) atoms. The summed E-state index contributed by atoms with van der Waals surface area (Å²) in [7, 11) is -3.17. The second kappa shape index (κ2) is 6.39. The van der Waals surface area contributed by atoms with Gasteiger partial charge in [0.2, 0.25) is 15.9 Å².